The van der Waals surface area contributed by atoms with E-state index in [1.165, 1.54) is 0 Å². The van der Waals surface area contributed by atoms with Crippen LogP contribution in [-0.4, -0.2) is 43.6 Å². The van der Waals surface area contributed by atoms with Crippen LogP contribution >= 0.6 is 0 Å². The van der Waals surface area contributed by atoms with E-state index in [-0.39, 0.29) is 0 Å². The van der Waals surface area contributed by atoms with Gasteiger partial charge in [0.15, 0.2) is 5.60 Å². The van der Waals surface area contributed by atoms with Gasteiger partial charge in [0, 0.05) is 5.92 Å². The van der Waals surface area contributed by atoms with Gasteiger partial charge in [0.2, 0.25) is 0 Å². The van der Waals surface area contributed by atoms with Crippen LogP contribution in [0.25, 0.3) is 0 Å². The number of fused-ring (bicyclic) bond motifs is 2. The summed E-state index contributed by atoms with van der Waals surface area (Å²) in [6.45, 7) is 0. The minimum atomic E-state index is -2.31. The maximum atomic E-state index is 11.1. The summed E-state index contributed by atoms with van der Waals surface area (Å²) >= 11 is 0. The van der Waals surface area contributed by atoms with E-state index in [4.69, 9.17) is 10.2 Å². The molecular weight excluding hydrogens is 216 g/mol. The third kappa shape index (κ3) is 1.14. The van der Waals surface area contributed by atoms with Crippen LogP contribution in [-0.2, 0) is 9.59 Å². The smallest absolute Gasteiger partial charge is 0.339 e. The van der Waals surface area contributed by atoms with Gasteiger partial charge in [-0.15, -0.1) is 0 Å². The lowest BCUT2D eigenvalue weighted by Crippen LogP contribution is -2.63. The monoisotopic (exact) mass is 230 g/mol. The molecule has 0 heterocycles. The van der Waals surface area contributed by atoms with E-state index in [1.54, 1.807) is 0 Å². The number of hydrogen-bond acceptors (Lipinski definition) is 4. The lowest BCUT2D eigenvalue weighted by molar-refractivity contribution is -0.211. The molecule has 4 unspecified atom stereocenters. The van der Waals surface area contributed by atoms with E-state index < -0.39 is 41.4 Å². The number of carboxylic acids is 2. The van der Waals surface area contributed by atoms with Gasteiger partial charge in [-0.25, -0.2) is 4.79 Å². The average Bonchev–Trinajstić information content (AvgIpc) is 2.68. The highest BCUT2D eigenvalue weighted by molar-refractivity contribution is 5.82. The van der Waals surface area contributed by atoms with Crippen molar-refractivity contribution in [2.24, 2.45) is 11.8 Å². The molecule has 2 rings (SSSR count). The van der Waals surface area contributed by atoms with Gasteiger partial charge in [0.25, 0.3) is 0 Å². The molecule has 90 valence electrons. The van der Waals surface area contributed by atoms with Crippen LogP contribution in [0.3, 0.4) is 0 Å². The number of aliphatic hydroxyl groups is 2. The summed E-state index contributed by atoms with van der Waals surface area (Å²) in [7, 11) is 0. The molecule has 2 aliphatic carbocycles. The molecule has 0 aliphatic heterocycles. The van der Waals surface area contributed by atoms with Crippen LogP contribution in [0.4, 0.5) is 0 Å². The van der Waals surface area contributed by atoms with E-state index in [0.717, 1.165) is 0 Å². The Balaban J connectivity index is 2.41. The fourth-order valence-electron chi connectivity index (χ4n) is 3.33. The van der Waals surface area contributed by atoms with Crippen LogP contribution in [0.2, 0.25) is 0 Å². The van der Waals surface area contributed by atoms with Crippen molar-refractivity contribution in [3.8, 4) is 0 Å². The second kappa shape index (κ2) is 3.18. The zero-order chi connectivity index (χ0) is 12.1. The summed E-state index contributed by atoms with van der Waals surface area (Å²) in [4.78, 5) is 21.8. The second-order valence-corrected chi connectivity index (χ2v) is 4.77. The summed E-state index contributed by atoms with van der Waals surface area (Å²) in [5.41, 5.74) is -4.35. The lowest BCUT2D eigenvalue weighted by Gasteiger charge is -2.42. The Morgan fingerprint density at radius 1 is 1.12 bits per heavy atom. The molecule has 2 fully saturated rings. The molecular formula is C10H14O6. The molecule has 16 heavy (non-hydrogen) atoms. The number of aliphatic carboxylic acids is 2. The number of hydrogen-bond donors (Lipinski definition) is 4. The molecule has 2 saturated carbocycles. The van der Waals surface area contributed by atoms with Gasteiger partial charge in [-0.1, -0.05) is 0 Å². The first-order chi connectivity index (χ1) is 7.32. The standard InChI is InChI=1S/C10H14O6/c11-7(12)4-9(15)5-1-2-6(3-5)10(9,16)8(13)14/h5-6,15-16H,1-4H2,(H,11,12)(H,13,14). The van der Waals surface area contributed by atoms with E-state index in [0.29, 0.717) is 19.3 Å². The summed E-state index contributed by atoms with van der Waals surface area (Å²) in [5.74, 6) is -3.80. The van der Waals surface area contributed by atoms with Gasteiger partial charge >= 0.3 is 11.9 Å². The minimum absolute atomic E-state index is 0.382. The Labute approximate surface area is 91.5 Å². The fraction of sp³-hybridized carbons (Fsp3) is 0.800. The maximum Gasteiger partial charge on any atom is 0.339 e. The highest BCUT2D eigenvalue weighted by Crippen LogP contribution is 2.58. The van der Waals surface area contributed by atoms with E-state index in [2.05, 4.69) is 0 Å². The Kier molecular flexibility index (Phi) is 2.25. The Bertz CT molecular complexity index is 353. The topological polar surface area (TPSA) is 115 Å². The summed E-state index contributed by atoms with van der Waals surface area (Å²) in [6.07, 6.45) is 0.753. The third-order valence-electron chi connectivity index (χ3n) is 4.11. The first kappa shape index (κ1) is 11.3. The highest BCUT2D eigenvalue weighted by atomic mass is 16.4. The highest BCUT2D eigenvalue weighted by Gasteiger charge is 2.71. The molecule has 4 N–H and O–H groups in total. The van der Waals surface area contributed by atoms with E-state index >= 15 is 0 Å². The number of rotatable bonds is 3. The third-order valence-corrected chi connectivity index (χ3v) is 4.11. The van der Waals surface area contributed by atoms with Crippen molar-refractivity contribution in [3.63, 3.8) is 0 Å². The quantitative estimate of drug-likeness (QED) is 0.516. The normalized spacial score (nSPS) is 45.9. The fourth-order valence-corrected chi connectivity index (χ4v) is 3.33. The molecule has 0 aromatic carbocycles. The summed E-state index contributed by atoms with van der Waals surface area (Å²) in [6, 6.07) is 0. The van der Waals surface area contributed by atoms with Crippen LogP contribution in [0, 0.1) is 11.8 Å². The molecule has 0 aromatic heterocycles. The zero-order valence-corrected chi connectivity index (χ0v) is 8.59. The Hall–Kier alpha value is -1.14. The second-order valence-electron chi connectivity index (χ2n) is 4.77. The van der Waals surface area contributed by atoms with Crippen molar-refractivity contribution in [2.75, 3.05) is 0 Å². The molecule has 4 atom stereocenters. The first-order valence-electron chi connectivity index (χ1n) is 5.22. The molecule has 0 aromatic rings. The molecule has 0 spiro atoms. The van der Waals surface area contributed by atoms with Crippen molar-refractivity contribution in [1.82, 2.24) is 0 Å². The molecule has 0 amide bonds. The predicted molar refractivity (Wildman–Crippen MR) is 50.6 cm³/mol. The van der Waals surface area contributed by atoms with Crippen molar-refractivity contribution in [1.29, 1.82) is 0 Å². The largest absolute Gasteiger partial charge is 0.481 e. The zero-order valence-electron chi connectivity index (χ0n) is 8.59. The van der Waals surface area contributed by atoms with E-state index in [9.17, 15) is 19.8 Å². The van der Waals surface area contributed by atoms with E-state index in [1.807, 2.05) is 0 Å². The van der Waals surface area contributed by atoms with Crippen molar-refractivity contribution < 1.29 is 30.0 Å². The van der Waals surface area contributed by atoms with Gasteiger partial charge in [0.1, 0.15) is 5.60 Å². The average molecular weight is 230 g/mol. The molecule has 0 saturated heterocycles. The van der Waals surface area contributed by atoms with Crippen LogP contribution in [0.15, 0.2) is 0 Å². The Morgan fingerprint density at radius 3 is 2.19 bits per heavy atom. The maximum absolute atomic E-state index is 11.1. The molecule has 6 heteroatoms. The van der Waals surface area contributed by atoms with Gasteiger partial charge in [-0.05, 0) is 25.2 Å². The first-order valence-corrected chi connectivity index (χ1v) is 5.22. The number of carboxylic acid groups (broad SMARTS) is 2. The van der Waals surface area contributed by atoms with Crippen molar-refractivity contribution in [3.05, 3.63) is 0 Å². The van der Waals surface area contributed by atoms with Gasteiger partial charge in [0.05, 0.1) is 6.42 Å². The van der Waals surface area contributed by atoms with Gasteiger partial charge < -0.3 is 20.4 Å². The molecule has 2 aliphatic rings. The summed E-state index contributed by atoms with van der Waals surface area (Å²) < 4.78 is 0. The molecule has 0 radical (unpaired) electrons. The van der Waals surface area contributed by atoms with Crippen LogP contribution in [0.1, 0.15) is 25.7 Å². The predicted octanol–water partition coefficient (Wildman–Crippen LogP) is -0.562. The van der Waals surface area contributed by atoms with Crippen LogP contribution < -0.4 is 0 Å². The molecule has 6 nitrogen and oxygen atoms in total. The number of carbonyl (C=O) groups is 2. The Morgan fingerprint density at radius 2 is 1.69 bits per heavy atom. The van der Waals surface area contributed by atoms with Gasteiger partial charge in [-0.2, -0.15) is 0 Å². The van der Waals surface area contributed by atoms with Crippen molar-refractivity contribution >= 4 is 11.9 Å². The summed E-state index contributed by atoms with van der Waals surface area (Å²) in [5, 5.41) is 38.1. The van der Waals surface area contributed by atoms with Crippen LogP contribution in [0.5, 0.6) is 0 Å². The minimum Gasteiger partial charge on any atom is -0.481 e. The van der Waals surface area contributed by atoms with Gasteiger partial charge in [-0.3, -0.25) is 4.79 Å². The van der Waals surface area contributed by atoms with Crippen molar-refractivity contribution in [2.45, 2.75) is 36.9 Å². The SMILES string of the molecule is O=C(O)CC1(O)C2CCC(C2)C1(O)C(=O)O. The lowest BCUT2D eigenvalue weighted by atomic mass is 9.70. The molecule has 2 bridgehead atoms.